The Labute approximate surface area is 243 Å². The van der Waals surface area contributed by atoms with Crippen LogP contribution < -0.4 is 9.47 Å². The molecule has 2 aliphatic heterocycles. The van der Waals surface area contributed by atoms with E-state index in [4.69, 9.17) is 44.8 Å². The Morgan fingerprint density at radius 1 is 1.10 bits per heavy atom. The number of carbonyl (C=O) groups excluding carboxylic acids is 1. The van der Waals surface area contributed by atoms with Crippen molar-refractivity contribution in [3.05, 3.63) is 71.3 Å². The van der Waals surface area contributed by atoms with E-state index in [2.05, 4.69) is 24.1 Å². The number of nitrogens with zero attached hydrogens (tertiary/aromatic N) is 1. The minimum Gasteiger partial charge on any atom is -0.493 e. The summed E-state index contributed by atoms with van der Waals surface area (Å²) in [6.07, 6.45) is -2.34. The van der Waals surface area contributed by atoms with Crippen LogP contribution in [0.3, 0.4) is 0 Å². The van der Waals surface area contributed by atoms with Gasteiger partial charge in [-0.1, -0.05) is 30.3 Å². The van der Waals surface area contributed by atoms with Gasteiger partial charge in [-0.15, -0.1) is 0 Å². The van der Waals surface area contributed by atoms with Crippen LogP contribution in [0.2, 0.25) is 0 Å². The van der Waals surface area contributed by atoms with Crippen LogP contribution in [-0.2, 0) is 21.5 Å². The van der Waals surface area contributed by atoms with Crippen LogP contribution in [0, 0.1) is 0 Å². The van der Waals surface area contributed by atoms with Gasteiger partial charge < -0.3 is 49.7 Å². The van der Waals surface area contributed by atoms with Gasteiger partial charge in [0.1, 0.15) is 30.5 Å². The Bertz CT molecular complexity index is 1290. The second-order valence-electron chi connectivity index (χ2n) is 10.7. The molecule has 12 heteroatoms. The lowest BCUT2D eigenvalue weighted by Crippen LogP contribution is -2.48. The maximum absolute atomic E-state index is 12.5. The number of carboxylic acids is 1. The van der Waals surface area contributed by atoms with Crippen LogP contribution >= 0.6 is 0 Å². The summed E-state index contributed by atoms with van der Waals surface area (Å²) in [6, 6.07) is 13.3. The highest BCUT2D eigenvalue weighted by Gasteiger charge is 2.53. The first kappa shape index (κ1) is 31.4. The molecule has 228 valence electrons. The molecule has 1 aliphatic carbocycles. The van der Waals surface area contributed by atoms with E-state index >= 15 is 0 Å². The Hall–Kier alpha value is -3.52. The van der Waals surface area contributed by atoms with E-state index in [0.717, 1.165) is 31.0 Å². The number of esters is 1. The highest BCUT2D eigenvalue weighted by molar-refractivity contribution is 5.89. The topological polar surface area (TPSA) is 186 Å². The molecule has 0 fully saturated rings. The molecule has 2 heterocycles. The average molecular weight is 588 g/mol. The first-order chi connectivity index (χ1) is 20.0. The number of hydrogen-bond donors (Lipinski definition) is 6. The summed E-state index contributed by atoms with van der Waals surface area (Å²) in [5.74, 6) is -0.402. The van der Waals surface area contributed by atoms with Gasteiger partial charge in [-0.3, -0.25) is 0 Å². The van der Waals surface area contributed by atoms with Gasteiger partial charge in [-0.2, -0.15) is 0 Å². The first-order valence-corrected chi connectivity index (χ1v) is 13.6. The van der Waals surface area contributed by atoms with Gasteiger partial charge in [-0.05, 0) is 49.9 Å². The molecule has 0 bridgehead atoms. The van der Waals surface area contributed by atoms with Crippen molar-refractivity contribution in [3.8, 4) is 11.5 Å². The van der Waals surface area contributed by atoms with E-state index in [0.29, 0.717) is 12.0 Å². The SMILES string of the molecule is COc1ccc2c3c1OC1C[C@@H](OC(=O)c4ccccc4)C=C[C@@]31CCN(C)C2.O=C(O)[C@H](O)[C@@H](O)[C@H](O)[C@H](O)CO. The number of ether oxygens (including phenoxy) is 3. The smallest absolute Gasteiger partial charge is 0.338 e. The molecular weight excluding hydrogens is 550 g/mol. The number of rotatable bonds is 8. The maximum atomic E-state index is 12.5. The third-order valence-electron chi connectivity index (χ3n) is 7.91. The third-order valence-corrected chi connectivity index (χ3v) is 7.91. The van der Waals surface area contributed by atoms with Crippen molar-refractivity contribution in [2.75, 3.05) is 27.3 Å². The molecule has 2 aromatic rings. The minimum atomic E-state index is -2.20. The number of aliphatic carboxylic acids is 1. The summed E-state index contributed by atoms with van der Waals surface area (Å²) in [6.45, 7) is 1.03. The van der Waals surface area contributed by atoms with Gasteiger partial charge in [0.25, 0.3) is 0 Å². The molecular formula is C30H37NO11. The molecule has 42 heavy (non-hydrogen) atoms. The Kier molecular flexibility index (Phi) is 9.87. The van der Waals surface area contributed by atoms with E-state index in [1.54, 1.807) is 19.2 Å². The van der Waals surface area contributed by atoms with Gasteiger partial charge in [0.05, 0.1) is 24.7 Å². The molecule has 3 aliphatic rings. The van der Waals surface area contributed by atoms with E-state index in [1.807, 2.05) is 30.3 Å². The van der Waals surface area contributed by atoms with Crippen molar-refractivity contribution >= 4 is 11.9 Å². The molecule has 7 atom stereocenters. The van der Waals surface area contributed by atoms with Crippen molar-refractivity contribution in [2.45, 2.75) is 61.4 Å². The van der Waals surface area contributed by atoms with Crippen LogP contribution in [-0.4, -0.2) is 111 Å². The summed E-state index contributed by atoms with van der Waals surface area (Å²) in [5.41, 5.74) is 2.90. The predicted molar refractivity (Wildman–Crippen MR) is 148 cm³/mol. The van der Waals surface area contributed by atoms with Crippen LogP contribution in [0.25, 0.3) is 0 Å². The van der Waals surface area contributed by atoms with Crippen LogP contribution in [0.4, 0.5) is 0 Å². The molecule has 1 spiro atoms. The average Bonchev–Trinajstić information content (AvgIpc) is 3.26. The van der Waals surface area contributed by atoms with Crippen molar-refractivity contribution in [1.29, 1.82) is 0 Å². The Morgan fingerprint density at radius 2 is 1.81 bits per heavy atom. The van der Waals surface area contributed by atoms with E-state index < -0.39 is 37.0 Å². The monoisotopic (exact) mass is 587 g/mol. The summed E-state index contributed by atoms with van der Waals surface area (Å²) in [7, 11) is 3.83. The van der Waals surface area contributed by atoms with Crippen LogP contribution in [0.1, 0.15) is 34.3 Å². The fourth-order valence-electron chi connectivity index (χ4n) is 5.60. The van der Waals surface area contributed by atoms with Gasteiger partial charge in [-0.25, -0.2) is 9.59 Å². The molecule has 2 aromatic carbocycles. The van der Waals surface area contributed by atoms with E-state index in [1.165, 1.54) is 11.1 Å². The standard InChI is InChI=1S/C24H25NO4.C6H12O7/c1-25-13-12-24-11-10-18(28-23(26)16-6-4-3-5-7-16)14-20(24)29-22-19(27-2)9-8-17(15-25)21(22)24;7-1-2(8)3(9)4(10)5(11)6(12)13/h3-11,18,20H,12-15H2,1-2H3;2-5,7-11H,1H2,(H,12,13)/t18-,20?,24-;2-,3-,4+,5-/m01/s1. The second-order valence-corrected chi connectivity index (χ2v) is 10.7. The summed E-state index contributed by atoms with van der Waals surface area (Å²) in [5, 5.41) is 51.8. The number of methoxy groups -OCH3 is 1. The molecule has 0 aromatic heterocycles. The van der Waals surface area contributed by atoms with Gasteiger partial charge in [0.2, 0.25) is 0 Å². The summed E-state index contributed by atoms with van der Waals surface area (Å²) >= 11 is 0. The highest BCUT2D eigenvalue weighted by atomic mass is 16.6. The van der Waals surface area contributed by atoms with Crippen molar-refractivity contribution in [3.63, 3.8) is 0 Å². The lowest BCUT2D eigenvalue weighted by atomic mass is 9.69. The fraction of sp³-hybridized carbons (Fsp3) is 0.467. The minimum absolute atomic E-state index is 0.0716. The lowest BCUT2D eigenvalue weighted by molar-refractivity contribution is -0.164. The fourth-order valence-corrected chi connectivity index (χ4v) is 5.60. The zero-order chi connectivity index (χ0) is 30.6. The number of carbonyl (C=O) groups is 2. The van der Waals surface area contributed by atoms with E-state index in [-0.39, 0.29) is 23.6 Å². The lowest BCUT2D eigenvalue weighted by Gasteiger charge is -2.36. The maximum Gasteiger partial charge on any atom is 0.338 e. The first-order valence-electron chi connectivity index (χ1n) is 13.6. The molecule has 0 saturated carbocycles. The predicted octanol–water partition coefficient (Wildman–Crippen LogP) is 0.222. The van der Waals surface area contributed by atoms with Gasteiger partial charge in [0, 0.05) is 18.5 Å². The second kappa shape index (κ2) is 13.2. The van der Waals surface area contributed by atoms with Crippen molar-refractivity contribution < 1.29 is 54.4 Å². The zero-order valence-electron chi connectivity index (χ0n) is 23.4. The Morgan fingerprint density at radius 3 is 2.45 bits per heavy atom. The van der Waals surface area contributed by atoms with Gasteiger partial charge in [0.15, 0.2) is 17.6 Å². The van der Waals surface area contributed by atoms with Crippen LogP contribution in [0.5, 0.6) is 11.5 Å². The molecule has 1 unspecified atom stereocenters. The number of hydrogen-bond acceptors (Lipinski definition) is 11. The molecule has 12 nitrogen and oxygen atoms in total. The molecule has 0 radical (unpaired) electrons. The summed E-state index contributed by atoms with van der Waals surface area (Å²) in [4.78, 5) is 25.0. The molecule has 6 N–H and O–H groups in total. The molecule has 0 saturated heterocycles. The number of benzene rings is 2. The van der Waals surface area contributed by atoms with Gasteiger partial charge >= 0.3 is 11.9 Å². The van der Waals surface area contributed by atoms with Crippen molar-refractivity contribution in [1.82, 2.24) is 4.90 Å². The number of aliphatic hydroxyl groups is 5. The van der Waals surface area contributed by atoms with Crippen molar-refractivity contribution in [2.24, 2.45) is 0 Å². The highest BCUT2D eigenvalue weighted by Crippen LogP contribution is 2.55. The number of carboxylic acid groups (broad SMARTS) is 1. The largest absolute Gasteiger partial charge is 0.493 e. The molecule has 0 amide bonds. The van der Waals surface area contributed by atoms with E-state index in [9.17, 15) is 9.59 Å². The Balaban J connectivity index is 0.000000266. The normalized spacial score (nSPS) is 25.2. The quantitative estimate of drug-likeness (QED) is 0.183. The summed E-state index contributed by atoms with van der Waals surface area (Å²) < 4.78 is 17.9. The zero-order valence-corrected chi connectivity index (χ0v) is 23.4. The number of aliphatic hydroxyl groups excluding tert-OH is 5. The third kappa shape index (κ3) is 6.28. The van der Waals surface area contributed by atoms with Crippen LogP contribution in [0.15, 0.2) is 54.6 Å². The molecule has 5 rings (SSSR count).